The van der Waals surface area contributed by atoms with Gasteiger partial charge < -0.3 is 19.2 Å². The summed E-state index contributed by atoms with van der Waals surface area (Å²) in [4.78, 5) is 16.2. The predicted molar refractivity (Wildman–Crippen MR) is 92.6 cm³/mol. The Labute approximate surface area is 159 Å². The van der Waals surface area contributed by atoms with Crippen molar-refractivity contribution < 1.29 is 31.9 Å². The Morgan fingerprint density at radius 1 is 1.14 bits per heavy atom. The van der Waals surface area contributed by atoms with Gasteiger partial charge in [-0.1, -0.05) is 11.3 Å². The fourth-order valence-electron chi connectivity index (χ4n) is 2.16. The summed E-state index contributed by atoms with van der Waals surface area (Å²) < 4.78 is 53.4. The molecule has 148 valence electrons. The molecular weight excluding hydrogens is 403 g/mol. The first-order valence-corrected chi connectivity index (χ1v) is 8.28. The molecular formula is C15H12F3N5O4S. The van der Waals surface area contributed by atoms with Crippen LogP contribution in [0.25, 0.3) is 11.5 Å². The molecule has 0 atom stereocenters. The van der Waals surface area contributed by atoms with E-state index in [1.165, 1.54) is 38.8 Å². The molecule has 13 heteroatoms. The molecule has 1 aromatic carbocycles. The fourth-order valence-corrected chi connectivity index (χ4v) is 2.77. The lowest BCUT2D eigenvalue weighted by Crippen LogP contribution is -2.19. The van der Waals surface area contributed by atoms with Crippen molar-refractivity contribution >= 4 is 28.2 Å². The van der Waals surface area contributed by atoms with Gasteiger partial charge in [-0.05, 0) is 6.07 Å². The molecule has 3 aromatic rings. The molecule has 0 radical (unpaired) electrons. The summed E-state index contributed by atoms with van der Waals surface area (Å²) in [5.41, 5.74) is 0.633. The van der Waals surface area contributed by atoms with E-state index < -0.39 is 17.2 Å². The number of nitrogens with zero attached hydrogens (tertiary/aromatic N) is 3. The number of urea groups is 1. The summed E-state index contributed by atoms with van der Waals surface area (Å²) in [6.45, 7) is 0. The molecule has 0 fully saturated rings. The van der Waals surface area contributed by atoms with Gasteiger partial charge in [0.1, 0.15) is 17.8 Å². The first-order valence-electron chi connectivity index (χ1n) is 7.46. The van der Waals surface area contributed by atoms with Gasteiger partial charge >= 0.3 is 12.2 Å². The number of nitrogens with one attached hydrogen (secondary N) is 2. The molecule has 2 heterocycles. The number of carbonyl (C=O) groups excluding carboxylic acids is 1. The van der Waals surface area contributed by atoms with Crippen LogP contribution in [0.3, 0.4) is 0 Å². The van der Waals surface area contributed by atoms with E-state index in [0.717, 1.165) is 0 Å². The van der Waals surface area contributed by atoms with Crippen LogP contribution in [0.15, 0.2) is 29.0 Å². The van der Waals surface area contributed by atoms with Crippen LogP contribution in [0.1, 0.15) is 5.01 Å². The largest absolute Gasteiger partial charge is 0.496 e. The van der Waals surface area contributed by atoms with Crippen molar-refractivity contribution in [3.8, 4) is 23.0 Å². The minimum Gasteiger partial charge on any atom is -0.496 e. The van der Waals surface area contributed by atoms with E-state index in [-0.39, 0.29) is 33.8 Å². The Kier molecular flexibility index (Phi) is 5.35. The van der Waals surface area contributed by atoms with Crippen molar-refractivity contribution in [2.75, 3.05) is 24.9 Å². The zero-order valence-corrected chi connectivity index (χ0v) is 15.1. The number of methoxy groups -OCH3 is 2. The molecule has 0 aliphatic heterocycles. The predicted octanol–water partition coefficient (Wildman–Crippen LogP) is 3.87. The first-order chi connectivity index (χ1) is 13.3. The molecule has 0 saturated carbocycles. The Balaban J connectivity index is 1.83. The summed E-state index contributed by atoms with van der Waals surface area (Å²) in [6, 6.07) is 2.15. The summed E-state index contributed by atoms with van der Waals surface area (Å²) in [7, 11) is 2.82. The number of anilines is 2. The minimum atomic E-state index is -4.64. The normalized spacial score (nSPS) is 11.2. The molecule has 3 rings (SSSR count). The Morgan fingerprint density at radius 3 is 2.46 bits per heavy atom. The minimum absolute atomic E-state index is 0.200. The third kappa shape index (κ3) is 4.14. The quantitative estimate of drug-likeness (QED) is 0.651. The molecule has 0 spiro atoms. The summed E-state index contributed by atoms with van der Waals surface area (Å²) in [5.74, 6) is 0.863. The van der Waals surface area contributed by atoms with E-state index >= 15 is 0 Å². The summed E-state index contributed by atoms with van der Waals surface area (Å²) >= 11 is 0.200. The number of oxazole rings is 1. The van der Waals surface area contributed by atoms with Crippen LogP contribution in [0.4, 0.5) is 28.8 Å². The summed E-state index contributed by atoms with van der Waals surface area (Å²) in [5, 5.41) is 9.45. The van der Waals surface area contributed by atoms with Crippen molar-refractivity contribution in [2.45, 2.75) is 6.18 Å². The highest BCUT2D eigenvalue weighted by Gasteiger charge is 2.35. The molecule has 0 bridgehead atoms. The van der Waals surface area contributed by atoms with Crippen molar-refractivity contribution in [3.05, 3.63) is 29.6 Å². The number of ether oxygens (including phenoxy) is 2. The van der Waals surface area contributed by atoms with Crippen LogP contribution in [0.2, 0.25) is 0 Å². The van der Waals surface area contributed by atoms with Crippen molar-refractivity contribution in [1.82, 2.24) is 15.2 Å². The molecule has 0 unspecified atom stereocenters. The molecule has 2 aromatic heterocycles. The van der Waals surface area contributed by atoms with Crippen molar-refractivity contribution in [3.63, 3.8) is 0 Å². The maximum Gasteiger partial charge on any atom is 0.445 e. The highest BCUT2D eigenvalue weighted by Crippen LogP contribution is 2.38. The van der Waals surface area contributed by atoms with Crippen LogP contribution < -0.4 is 20.1 Å². The van der Waals surface area contributed by atoms with E-state index in [1.54, 1.807) is 0 Å². The van der Waals surface area contributed by atoms with Crippen LogP contribution in [0.5, 0.6) is 11.5 Å². The monoisotopic (exact) mass is 415 g/mol. The van der Waals surface area contributed by atoms with E-state index in [2.05, 4.69) is 25.8 Å². The van der Waals surface area contributed by atoms with Gasteiger partial charge in [0.2, 0.25) is 16.0 Å². The zero-order valence-electron chi connectivity index (χ0n) is 14.3. The fraction of sp³-hybridized carbons (Fsp3) is 0.200. The van der Waals surface area contributed by atoms with Gasteiger partial charge in [-0.2, -0.15) is 13.2 Å². The van der Waals surface area contributed by atoms with E-state index in [0.29, 0.717) is 11.3 Å². The van der Waals surface area contributed by atoms with E-state index in [1.807, 2.05) is 0 Å². The highest BCUT2D eigenvalue weighted by atomic mass is 32.1. The first kappa shape index (κ1) is 19.4. The molecule has 2 N–H and O–H groups in total. The van der Waals surface area contributed by atoms with E-state index in [9.17, 15) is 18.0 Å². The van der Waals surface area contributed by atoms with Gasteiger partial charge in [0.25, 0.3) is 0 Å². The van der Waals surface area contributed by atoms with Crippen LogP contribution in [-0.4, -0.2) is 35.4 Å². The second-order valence-corrected chi connectivity index (χ2v) is 6.06. The average Bonchev–Trinajstić information content (AvgIpc) is 3.32. The number of alkyl halides is 3. The van der Waals surface area contributed by atoms with Gasteiger partial charge in [0.15, 0.2) is 0 Å². The van der Waals surface area contributed by atoms with Gasteiger partial charge in [-0.15, -0.1) is 10.2 Å². The second kappa shape index (κ2) is 7.72. The topological polar surface area (TPSA) is 111 Å². The molecule has 0 aliphatic carbocycles. The lowest BCUT2D eigenvalue weighted by Gasteiger charge is -2.14. The molecule has 28 heavy (non-hydrogen) atoms. The molecule has 0 saturated heterocycles. The number of hydrogen-bond donors (Lipinski definition) is 2. The number of amides is 2. The molecule has 9 nitrogen and oxygen atoms in total. The van der Waals surface area contributed by atoms with Crippen molar-refractivity contribution in [2.24, 2.45) is 0 Å². The SMILES string of the molecule is COc1cc(OC)c(-c2ncco2)cc1NC(=O)Nc1nnc(C(F)(F)F)s1. The summed E-state index contributed by atoms with van der Waals surface area (Å²) in [6.07, 6.45) is -1.84. The van der Waals surface area contributed by atoms with Crippen LogP contribution >= 0.6 is 11.3 Å². The maximum atomic E-state index is 12.6. The standard InChI is InChI=1S/C15H12F3N5O4S/c1-25-9-6-10(26-2)8(5-7(9)11-19-3-4-27-11)20-13(24)21-14-23-22-12(28-14)15(16,17)18/h3-6H,1-2H3,(H2,20,21,23,24). The van der Waals surface area contributed by atoms with Gasteiger partial charge in [0.05, 0.1) is 31.7 Å². The Morgan fingerprint density at radius 2 is 1.89 bits per heavy atom. The number of halogens is 3. The average molecular weight is 415 g/mol. The van der Waals surface area contributed by atoms with Gasteiger partial charge in [-0.25, -0.2) is 9.78 Å². The third-order valence-corrected chi connectivity index (χ3v) is 4.20. The number of rotatable bonds is 5. The number of carbonyl (C=O) groups is 1. The van der Waals surface area contributed by atoms with E-state index in [4.69, 9.17) is 13.9 Å². The number of aromatic nitrogens is 3. The number of benzene rings is 1. The smallest absolute Gasteiger partial charge is 0.445 e. The Hall–Kier alpha value is -3.35. The molecule has 2 amide bonds. The molecule has 0 aliphatic rings. The Bertz CT molecular complexity index is 975. The van der Waals surface area contributed by atoms with Crippen LogP contribution in [-0.2, 0) is 6.18 Å². The number of hydrogen-bond acceptors (Lipinski definition) is 8. The maximum absolute atomic E-state index is 12.6. The van der Waals surface area contributed by atoms with Gasteiger partial charge in [-0.3, -0.25) is 5.32 Å². The third-order valence-electron chi connectivity index (χ3n) is 3.32. The second-order valence-electron chi connectivity index (χ2n) is 5.08. The van der Waals surface area contributed by atoms with Gasteiger partial charge in [0, 0.05) is 6.07 Å². The highest BCUT2D eigenvalue weighted by molar-refractivity contribution is 7.15. The lowest BCUT2D eigenvalue weighted by atomic mass is 10.1. The van der Waals surface area contributed by atoms with Crippen LogP contribution in [0, 0.1) is 0 Å². The zero-order chi connectivity index (χ0) is 20.3. The lowest BCUT2D eigenvalue weighted by molar-refractivity contribution is -0.138. The van der Waals surface area contributed by atoms with Crippen molar-refractivity contribution in [1.29, 1.82) is 0 Å².